The van der Waals surface area contributed by atoms with Crippen molar-refractivity contribution in [1.29, 1.82) is 0 Å². The minimum atomic E-state index is -0.431. The van der Waals surface area contributed by atoms with Crippen LogP contribution in [0.1, 0.15) is 21.5 Å². The van der Waals surface area contributed by atoms with Crippen LogP contribution in [-0.4, -0.2) is 38.9 Å². The maximum atomic E-state index is 12.7. The van der Waals surface area contributed by atoms with Crippen molar-refractivity contribution in [2.24, 2.45) is 5.10 Å². The molecule has 42 heavy (non-hydrogen) atoms. The van der Waals surface area contributed by atoms with Gasteiger partial charge in [0.1, 0.15) is 6.61 Å². The fourth-order valence-corrected chi connectivity index (χ4v) is 3.99. The summed E-state index contributed by atoms with van der Waals surface area (Å²) >= 11 is 11.9. The molecule has 0 unspecified atom stereocenters. The van der Waals surface area contributed by atoms with Crippen molar-refractivity contribution in [1.82, 2.24) is 5.43 Å². The summed E-state index contributed by atoms with van der Waals surface area (Å²) in [5.41, 5.74) is 4.96. The van der Waals surface area contributed by atoms with E-state index in [4.69, 9.17) is 42.1 Å². The Labute approximate surface area is 253 Å². The number of methoxy groups -OCH3 is 2. The largest absolute Gasteiger partial charge is 0.493 e. The second-order valence-corrected chi connectivity index (χ2v) is 9.53. The lowest BCUT2D eigenvalue weighted by molar-refractivity contribution is -0.118. The van der Waals surface area contributed by atoms with Gasteiger partial charge in [-0.05, 0) is 65.7 Å². The topological polar surface area (TPSA) is 107 Å². The van der Waals surface area contributed by atoms with Crippen LogP contribution >= 0.6 is 23.2 Å². The minimum Gasteiger partial charge on any atom is -0.493 e. The van der Waals surface area contributed by atoms with Crippen molar-refractivity contribution in [3.05, 3.63) is 112 Å². The number of rotatable bonds is 12. The van der Waals surface area contributed by atoms with Gasteiger partial charge in [0, 0.05) is 11.3 Å². The predicted octanol–water partition coefficient (Wildman–Crippen LogP) is 6.37. The molecule has 0 saturated heterocycles. The second kappa shape index (κ2) is 14.8. The number of hydrogen-bond donors (Lipinski definition) is 2. The summed E-state index contributed by atoms with van der Waals surface area (Å²) in [4.78, 5) is 25.0. The third-order valence-corrected chi connectivity index (χ3v) is 6.53. The van der Waals surface area contributed by atoms with Crippen molar-refractivity contribution in [3.63, 3.8) is 0 Å². The Kier molecular flexibility index (Phi) is 10.6. The number of hydrazone groups is 1. The molecule has 0 atom stereocenters. The van der Waals surface area contributed by atoms with E-state index in [1.165, 1.54) is 20.4 Å². The Morgan fingerprint density at radius 1 is 0.786 bits per heavy atom. The lowest BCUT2D eigenvalue weighted by Crippen LogP contribution is -2.20. The highest BCUT2D eigenvalue weighted by Gasteiger charge is 2.12. The van der Waals surface area contributed by atoms with E-state index >= 15 is 0 Å². The number of ether oxygens (including phenoxy) is 4. The number of anilines is 1. The molecular formula is C31H27Cl2N3O6. The molecule has 4 rings (SSSR count). The molecule has 11 heteroatoms. The highest BCUT2D eigenvalue weighted by molar-refractivity contribution is 6.42. The first-order chi connectivity index (χ1) is 20.4. The van der Waals surface area contributed by atoms with Gasteiger partial charge in [-0.25, -0.2) is 5.43 Å². The minimum absolute atomic E-state index is 0.264. The lowest BCUT2D eigenvalue weighted by atomic mass is 10.2. The average Bonchev–Trinajstić information content (AvgIpc) is 3.01. The normalized spacial score (nSPS) is 10.7. The summed E-state index contributed by atoms with van der Waals surface area (Å²) in [7, 11) is 2.98. The molecule has 9 nitrogen and oxygen atoms in total. The van der Waals surface area contributed by atoms with E-state index < -0.39 is 11.8 Å². The monoisotopic (exact) mass is 607 g/mol. The highest BCUT2D eigenvalue weighted by atomic mass is 35.5. The van der Waals surface area contributed by atoms with E-state index in [2.05, 4.69) is 15.8 Å². The zero-order valence-electron chi connectivity index (χ0n) is 22.7. The molecule has 0 aliphatic rings. The van der Waals surface area contributed by atoms with Crippen LogP contribution in [0.25, 0.3) is 0 Å². The molecule has 4 aromatic rings. The van der Waals surface area contributed by atoms with Crippen LogP contribution in [0.5, 0.6) is 23.0 Å². The summed E-state index contributed by atoms with van der Waals surface area (Å²) in [6.07, 6.45) is 1.45. The molecule has 4 aromatic carbocycles. The number of nitrogens with one attached hydrogen (secondary N) is 2. The molecule has 0 saturated carbocycles. The van der Waals surface area contributed by atoms with Crippen molar-refractivity contribution >= 4 is 46.9 Å². The van der Waals surface area contributed by atoms with E-state index in [-0.39, 0.29) is 6.61 Å². The van der Waals surface area contributed by atoms with Crippen LogP contribution in [0.3, 0.4) is 0 Å². The summed E-state index contributed by atoms with van der Waals surface area (Å²) < 4.78 is 22.2. The molecule has 0 aliphatic carbocycles. The molecule has 0 spiro atoms. The van der Waals surface area contributed by atoms with Gasteiger partial charge < -0.3 is 24.3 Å². The van der Waals surface area contributed by atoms with E-state index in [0.29, 0.717) is 56.5 Å². The molecular weight excluding hydrogens is 581 g/mol. The van der Waals surface area contributed by atoms with Gasteiger partial charge in [0.2, 0.25) is 0 Å². The van der Waals surface area contributed by atoms with Crippen LogP contribution in [0.2, 0.25) is 10.0 Å². The number of hydrogen-bond acceptors (Lipinski definition) is 7. The van der Waals surface area contributed by atoms with Gasteiger partial charge in [-0.2, -0.15) is 5.10 Å². The maximum absolute atomic E-state index is 12.7. The van der Waals surface area contributed by atoms with E-state index in [0.717, 1.165) is 5.56 Å². The number of benzene rings is 4. The van der Waals surface area contributed by atoms with E-state index in [1.54, 1.807) is 54.6 Å². The van der Waals surface area contributed by atoms with E-state index in [1.807, 2.05) is 30.3 Å². The van der Waals surface area contributed by atoms with E-state index in [9.17, 15) is 9.59 Å². The standard InChI is InChI=1S/C31H27Cl2N3O6/c1-39-28-14-21(8-12-26(28)42-19-30(37)35-23-10-11-24(32)25(33)16-23)17-34-36-31(38)22-9-13-27(29(15-22)40-2)41-18-20-6-4-3-5-7-20/h3-17H,18-19H2,1-2H3,(H,35,37)(H,36,38)/b34-17+. The molecule has 2 N–H and O–H groups in total. The van der Waals surface area contributed by atoms with Gasteiger partial charge in [0.15, 0.2) is 29.6 Å². The van der Waals surface area contributed by atoms with Crippen molar-refractivity contribution < 1.29 is 28.5 Å². The Morgan fingerprint density at radius 2 is 1.50 bits per heavy atom. The van der Waals surface area contributed by atoms with Gasteiger partial charge >= 0.3 is 0 Å². The third kappa shape index (κ3) is 8.39. The maximum Gasteiger partial charge on any atom is 0.271 e. The van der Waals surface area contributed by atoms with Crippen LogP contribution in [0, 0.1) is 0 Å². The zero-order valence-corrected chi connectivity index (χ0v) is 24.2. The first-order valence-corrected chi connectivity index (χ1v) is 13.4. The van der Waals surface area contributed by atoms with Crippen LogP contribution < -0.4 is 29.7 Å². The van der Waals surface area contributed by atoms with Crippen LogP contribution in [-0.2, 0) is 11.4 Å². The number of nitrogens with zero attached hydrogens (tertiary/aromatic N) is 1. The number of amides is 2. The SMILES string of the molecule is COc1cc(/C=N/NC(=O)c2ccc(OCc3ccccc3)c(OC)c2)ccc1OCC(=O)Nc1ccc(Cl)c(Cl)c1. The molecule has 0 aliphatic heterocycles. The second-order valence-electron chi connectivity index (χ2n) is 8.72. The Balaban J connectivity index is 1.31. The summed E-state index contributed by atoms with van der Waals surface area (Å²) in [6.45, 7) is 0.103. The van der Waals surface area contributed by atoms with Gasteiger partial charge in [0.05, 0.1) is 30.5 Å². The number of carbonyl (C=O) groups excluding carboxylic acids is 2. The number of carbonyl (C=O) groups is 2. The fraction of sp³-hybridized carbons (Fsp3) is 0.129. The Hall–Kier alpha value is -4.73. The quantitative estimate of drug-likeness (QED) is 0.143. The van der Waals surface area contributed by atoms with Gasteiger partial charge in [-0.1, -0.05) is 53.5 Å². The molecule has 2 amide bonds. The van der Waals surface area contributed by atoms with Gasteiger partial charge in [-0.3, -0.25) is 9.59 Å². The smallest absolute Gasteiger partial charge is 0.271 e. The Bertz CT molecular complexity index is 1580. The molecule has 216 valence electrons. The number of halogens is 2. The predicted molar refractivity (Wildman–Crippen MR) is 162 cm³/mol. The fourth-order valence-electron chi connectivity index (χ4n) is 3.69. The molecule has 0 fully saturated rings. The summed E-state index contributed by atoms with van der Waals surface area (Å²) in [6, 6.07) is 24.4. The van der Waals surface area contributed by atoms with Crippen molar-refractivity contribution in [2.75, 3.05) is 26.1 Å². The molecule has 0 bridgehead atoms. The summed E-state index contributed by atoms with van der Waals surface area (Å²) in [5, 5.41) is 7.43. The highest BCUT2D eigenvalue weighted by Crippen LogP contribution is 2.30. The van der Waals surface area contributed by atoms with Crippen molar-refractivity contribution in [2.45, 2.75) is 6.61 Å². The van der Waals surface area contributed by atoms with Gasteiger partial charge in [0.25, 0.3) is 11.8 Å². The zero-order chi connectivity index (χ0) is 29.9. The van der Waals surface area contributed by atoms with Gasteiger partial charge in [-0.15, -0.1) is 0 Å². The average molecular weight is 608 g/mol. The van der Waals surface area contributed by atoms with Crippen molar-refractivity contribution in [3.8, 4) is 23.0 Å². The first-order valence-electron chi connectivity index (χ1n) is 12.6. The third-order valence-electron chi connectivity index (χ3n) is 5.79. The summed E-state index contributed by atoms with van der Waals surface area (Å²) in [5.74, 6) is 0.847. The molecule has 0 radical (unpaired) electrons. The first kappa shape index (κ1) is 30.2. The molecule has 0 heterocycles. The Morgan fingerprint density at radius 3 is 2.24 bits per heavy atom. The molecule has 0 aromatic heterocycles. The van der Waals surface area contributed by atoms with Crippen LogP contribution in [0.15, 0.2) is 90.0 Å². The lowest BCUT2D eigenvalue weighted by Gasteiger charge is -2.12. The van der Waals surface area contributed by atoms with Crippen LogP contribution in [0.4, 0.5) is 5.69 Å².